The number of nitrogens with one attached hydrogen (secondary N) is 1. The van der Waals surface area contributed by atoms with E-state index in [2.05, 4.69) is 10.4 Å². The lowest BCUT2D eigenvalue weighted by Crippen LogP contribution is -2.55. The molecule has 1 aromatic carbocycles. The van der Waals surface area contributed by atoms with Gasteiger partial charge in [-0.05, 0) is 18.2 Å². The molecule has 2 heterocycles. The summed E-state index contributed by atoms with van der Waals surface area (Å²) >= 11 is 5.85. The van der Waals surface area contributed by atoms with Crippen molar-refractivity contribution in [2.75, 3.05) is 13.2 Å². The Bertz CT molecular complexity index is 1050. The Labute approximate surface area is 179 Å². The second-order valence-electron chi connectivity index (χ2n) is 7.74. The largest absolute Gasteiger partial charge is 0.394 e. The average Bonchev–Trinajstić information content (AvgIpc) is 3.07. The van der Waals surface area contributed by atoms with E-state index in [4.69, 9.17) is 17.3 Å². The van der Waals surface area contributed by atoms with Gasteiger partial charge in [-0.15, -0.1) is 0 Å². The highest BCUT2D eigenvalue weighted by Gasteiger charge is 2.46. The Morgan fingerprint density at radius 3 is 2.65 bits per heavy atom. The van der Waals surface area contributed by atoms with E-state index in [1.54, 1.807) is 0 Å². The van der Waals surface area contributed by atoms with Gasteiger partial charge in [0.15, 0.2) is 0 Å². The third-order valence-corrected chi connectivity index (χ3v) is 5.77. The smallest absolute Gasteiger partial charge is 0.318 e. The molecular weight excluding hydrogens is 439 g/mol. The van der Waals surface area contributed by atoms with Gasteiger partial charge in [0.1, 0.15) is 11.5 Å². The normalized spacial score (nSPS) is 20.2. The summed E-state index contributed by atoms with van der Waals surface area (Å²) in [5.74, 6) is -4.25. The molecule has 1 atom stereocenters. The molecule has 4 N–H and O–H groups in total. The van der Waals surface area contributed by atoms with Crippen molar-refractivity contribution in [1.29, 1.82) is 0 Å². The molecule has 1 saturated carbocycles. The predicted octanol–water partition coefficient (Wildman–Crippen LogP) is 2.30. The number of rotatable bonds is 4. The van der Waals surface area contributed by atoms with Crippen molar-refractivity contribution in [2.45, 2.75) is 37.4 Å². The van der Waals surface area contributed by atoms with Crippen LogP contribution in [0.4, 0.5) is 18.0 Å². The number of carbonyl (C=O) groups is 2. The highest BCUT2D eigenvalue weighted by Crippen LogP contribution is 2.38. The standard InChI is InChI=1S/C19H19ClF3N5O3/c20-12-3-9(1-2-13(12)21)16-15(17(24)30)14-7-27(6-11(8-29)28(14)26-16)18(31)25-10-4-19(22,23)5-10/h1-3,10-11,29H,4-8H2,(H2,24,30)(H,25,31). The van der Waals surface area contributed by atoms with Crippen LogP contribution in [0.3, 0.4) is 0 Å². The third kappa shape index (κ3) is 3.94. The Morgan fingerprint density at radius 2 is 2.06 bits per heavy atom. The number of amides is 3. The van der Waals surface area contributed by atoms with Gasteiger partial charge in [-0.2, -0.15) is 5.10 Å². The number of halogens is 4. The first-order chi connectivity index (χ1) is 14.6. The molecule has 2 aromatic rings. The Kier molecular flexibility index (Phi) is 5.34. The number of nitrogens with zero attached hydrogens (tertiary/aromatic N) is 3. The zero-order valence-corrected chi connectivity index (χ0v) is 16.9. The second-order valence-corrected chi connectivity index (χ2v) is 8.14. The first-order valence-corrected chi connectivity index (χ1v) is 9.88. The molecule has 1 unspecified atom stereocenters. The Hall–Kier alpha value is -2.79. The van der Waals surface area contributed by atoms with E-state index < -0.39 is 55.2 Å². The number of aliphatic hydroxyl groups excluding tert-OH is 1. The average molecular weight is 458 g/mol. The van der Waals surface area contributed by atoms with Crippen LogP contribution >= 0.6 is 11.6 Å². The fourth-order valence-corrected chi connectivity index (χ4v) is 4.10. The fraction of sp³-hybridized carbons (Fsp3) is 0.421. The van der Waals surface area contributed by atoms with E-state index in [-0.39, 0.29) is 35.1 Å². The monoisotopic (exact) mass is 457 g/mol. The molecule has 0 bridgehead atoms. The number of benzene rings is 1. The fourth-order valence-electron chi connectivity index (χ4n) is 3.92. The van der Waals surface area contributed by atoms with E-state index in [9.17, 15) is 27.9 Å². The van der Waals surface area contributed by atoms with Crippen LogP contribution < -0.4 is 11.1 Å². The zero-order chi connectivity index (χ0) is 22.5. The molecule has 1 aliphatic carbocycles. The number of urea groups is 1. The first-order valence-electron chi connectivity index (χ1n) is 9.50. The molecule has 31 heavy (non-hydrogen) atoms. The van der Waals surface area contributed by atoms with Crippen LogP contribution in [-0.4, -0.2) is 56.8 Å². The SMILES string of the molecule is NC(=O)c1c(-c2ccc(F)c(Cl)c2)nn2c1CN(C(=O)NC1CC(F)(F)C1)CC2CO. The van der Waals surface area contributed by atoms with Gasteiger partial charge in [0.2, 0.25) is 0 Å². The number of carbonyl (C=O) groups excluding carboxylic acids is 2. The number of hydrogen-bond acceptors (Lipinski definition) is 4. The molecule has 8 nitrogen and oxygen atoms in total. The summed E-state index contributed by atoms with van der Waals surface area (Å²) < 4.78 is 41.1. The number of primary amides is 1. The molecule has 12 heteroatoms. The summed E-state index contributed by atoms with van der Waals surface area (Å²) in [4.78, 5) is 26.2. The van der Waals surface area contributed by atoms with Crippen molar-refractivity contribution in [3.8, 4) is 11.3 Å². The highest BCUT2D eigenvalue weighted by molar-refractivity contribution is 6.31. The highest BCUT2D eigenvalue weighted by atomic mass is 35.5. The van der Waals surface area contributed by atoms with Crippen molar-refractivity contribution in [3.63, 3.8) is 0 Å². The maximum absolute atomic E-state index is 13.6. The lowest BCUT2D eigenvalue weighted by Gasteiger charge is -2.38. The minimum absolute atomic E-state index is 0.00815. The Balaban J connectivity index is 1.67. The molecule has 0 saturated heterocycles. The van der Waals surface area contributed by atoms with Gasteiger partial charge in [-0.3, -0.25) is 9.48 Å². The molecular formula is C19H19ClF3N5O3. The number of nitrogens with two attached hydrogens (primary N) is 1. The number of fused-ring (bicyclic) bond motifs is 1. The van der Waals surface area contributed by atoms with Crippen LogP contribution in [0.1, 0.15) is 34.9 Å². The van der Waals surface area contributed by atoms with Gasteiger partial charge in [-0.1, -0.05) is 11.6 Å². The predicted molar refractivity (Wildman–Crippen MR) is 104 cm³/mol. The minimum Gasteiger partial charge on any atom is -0.394 e. The van der Waals surface area contributed by atoms with E-state index in [0.717, 1.165) is 6.07 Å². The first kappa shape index (κ1) is 21.4. The van der Waals surface area contributed by atoms with Gasteiger partial charge >= 0.3 is 6.03 Å². The van der Waals surface area contributed by atoms with Gasteiger partial charge < -0.3 is 21.1 Å². The van der Waals surface area contributed by atoms with Crippen molar-refractivity contribution < 1.29 is 27.9 Å². The summed E-state index contributed by atoms with van der Waals surface area (Å²) in [6.07, 6.45) is -0.869. The van der Waals surface area contributed by atoms with E-state index in [1.165, 1.54) is 21.7 Å². The van der Waals surface area contributed by atoms with Crippen molar-refractivity contribution in [3.05, 3.63) is 40.3 Å². The summed E-state index contributed by atoms with van der Waals surface area (Å²) in [6.45, 7) is -0.435. The zero-order valence-electron chi connectivity index (χ0n) is 16.1. The summed E-state index contributed by atoms with van der Waals surface area (Å²) in [5.41, 5.74) is 6.34. The number of hydrogen-bond donors (Lipinski definition) is 3. The van der Waals surface area contributed by atoms with Crippen molar-refractivity contribution >= 4 is 23.5 Å². The Morgan fingerprint density at radius 1 is 1.35 bits per heavy atom. The van der Waals surface area contributed by atoms with Gasteiger partial charge in [0, 0.05) is 31.0 Å². The molecule has 3 amide bonds. The molecule has 2 aliphatic rings. The van der Waals surface area contributed by atoms with Gasteiger partial charge in [-0.25, -0.2) is 18.0 Å². The molecule has 0 spiro atoms. The van der Waals surface area contributed by atoms with Crippen molar-refractivity contribution in [1.82, 2.24) is 20.0 Å². The quantitative estimate of drug-likeness (QED) is 0.653. The maximum Gasteiger partial charge on any atom is 0.318 e. The summed E-state index contributed by atoms with van der Waals surface area (Å²) in [5, 5.41) is 16.6. The third-order valence-electron chi connectivity index (χ3n) is 5.48. The number of aromatic nitrogens is 2. The topological polar surface area (TPSA) is 113 Å². The van der Waals surface area contributed by atoms with E-state index in [1.807, 2.05) is 0 Å². The number of aliphatic hydroxyl groups is 1. The minimum atomic E-state index is -2.78. The van der Waals surface area contributed by atoms with E-state index >= 15 is 0 Å². The summed E-state index contributed by atoms with van der Waals surface area (Å²) in [6, 6.07) is 1.88. The molecule has 0 radical (unpaired) electrons. The molecule has 1 aromatic heterocycles. The summed E-state index contributed by atoms with van der Waals surface area (Å²) in [7, 11) is 0. The molecule has 4 rings (SSSR count). The second kappa shape index (κ2) is 7.72. The van der Waals surface area contributed by atoms with Crippen molar-refractivity contribution in [2.24, 2.45) is 5.73 Å². The van der Waals surface area contributed by atoms with Crippen LogP contribution in [0, 0.1) is 5.82 Å². The lowest BCUT2D eigenvalue weighted by atomic mass is 9.88. The number of alkyl halides is 2. The molecule has 1 fully saturated rings. The molecule has 1 aliphatic heterocycles. The van der Waals surface area contributed by atoms with E-state index in [0.29, 0.717) is 5.56 Å². The van der Waals surface area contributed by atoms with Gasteiger partial charge in [0.05, 0.1) is 35.5 Å². The van der Waals surface area contributed by atoms with Crippen LogP contribution in [-0.2, 0) is 6.54 Å². The van der Waals surface area contributed by atoms with Crippen LogP contribution in [0.5, 0.6) is 0 Å². The van der Waals surface area contributed by atoms with Crippen LogP contribution in [0.2, 0.25) is 5.02 Å². The molecule has 166 valence electrons. The van der Waals surface area contributed by atoms with Crippen LogP contribution in [0.25, 0.3) is 11.3 Å². The lowest BCUT2D eigenvalue weighted by molar-refractivity contribution is -0.0904. The van der Waals surface area contributed by atoms with Crippen LogP contribution in [0.15, 0.2) is 18.2 Å². The van der Waals surface area contributed by atoms with Gasteiger partial charge in [0.25, 0.3) is 11.8 Å². The maximum atomic E-state index is 13.6.